The maximum Gasteiger partial charge on any atom is 0.387 e. The summed E-state index contributed by atoms with van der Waals surface area (Å²) in [7, 11) is 0. The van der Waals surface area contributed by atoms with E-state index in [1.165, 1.54) is 6.07 Å². The molecule has 11 heteroatoms. The number of hydrogen-bond donors (Lipinski definition) is 1. The number of aryl methyl sites for hydroxylation is 2. The summed E-state index contributed by atoms with van der Waals surface area (Å²) >= 11 is 0. The number of alkyl halides is 2. The van der Waals surface area contributed by atoms with E-state index in [4.69, 9.17) is 4.74 Å². The number of carboxylic acid groups (broad SMARTS) is 1. The Morgan fingerprint density at radius 1 is 1.24 bits per heavy atom. The number of anilines is 1. The Labute approximate surface area is 217 Å². The van der Waals surface area contributed by atoms with Crippen LogP contribution < -0.4 is 20.9 Å². The van der Waals surface area contributed by atoms with Crippen molar-refractivity contribution in [3.63, 3.8) is 0 Å². The van der Waals surface area contributed by atoms with Crippen molar-refractivity contribution in [2.75, 3.05) is 18.0 Å². The molecule has 2 fully saturated rings. The number of ether oxygens (including phenoxy) is 1. The van der Waals surface area contributed by atoms with Gasteiger partial charge in [0.1, 0.15) is 11.4 Å². The number of piperidine rings is 1. The molecular weight excluding hydrogens is 494 g/mol. The standard InChI is InChI=1S/C27H25F2N5O3.H3N/c1-15-7-23-32-16(2)21(8-17-5-3-4-6-22(17)37-25(28)29)34(23)13-20(15)18-10-30-26(31-11-18)33-12-19-9-27(19,14-33)24(35)36;/h3-7,10-11,13,19,25H,8-9,12,14H2,1-2H3,(H,35,36);1H3. The molecule has 2 aliphatic rings. The summed E-state index contributed by atoms with van der Waals surface area (Å²) in [6.45, 7) is 1.97. The largest absolute Gasteiger partial charge is 0.549 e. The first kappa shape index (κ1) is 25.5. The summed E-state index contributed by atoms with van der Waals surface area (Å²) < 4.78 is 32.5. The number of fused-ring (bicyclic) bond motifs is 2. The fourth-order valence-electron chi connectivity index (χ4n) is 5.48. The molecule has 1 aromatic carbocycles. The average Bonchev–Trinajstić information content (AvgIpc) is 3.31. The highest BCUT2D eigenvalue weighted by atomic mass is 19.3. The van der Waals surface area contributed by atoms with Crippen LogP contribution in [0, 0.1) is 25.2 Å². The summed E-state index contributed by atoms with van der Waals surface area (Å²) in [4.78, 5) is 27.1. The van der Waals surface area contributed by atoms with Gasteiger partial charge in [-0.2, -0.15) is 8.78 Å². The van der Waals surface area contributed by atoms with E-state index in [1.54, 1.807) is 30.6 Å². The minimum absolute atomic E-state index is 0. The number of carboxylic acids is 1. The first-order valence-corrected chi connectivity index (χ1v) is 12.0. The molecule has 0 amide bonds. The highest BCUT2D eigenvalue weighted by Gasteiger charge is 2.61. The predicted molar refractivity (Wildman–Crippen MR) is 135 cm³/mol. The van der Waals surface area contributed by atoms with Crippen LogP contribution >= 0.6 is 0 Å². The van der Waals surface area contributed by atoms with Gasteiger partial charge in [0.25, 0.3) is 0 Å². The smallest absolute Gasteiger partial charge is 0.387 e. The first-order valence-electron chi connectivity index (χ1n) is 12.0. The van der Waals surface area contributed by atoms with Gasteiger partial charge >= 0.3 is 6.61 Å². The molecule has 0 bridgehead atoms. The zero-order valence-electron chi connectivity index (χ0n) is 21.3. The van der Waals surface area contributed by atoms with Crippen molar-refractivity contribution in [2.45, 2.75) is 33.3 Å². The van der Waals surface area contributed by atoms with E-state index in [0.29, 0.717) is 37.4 Å². The molecule has 1 aliphatic carbocycles. The van der Waals surface area contributed by atoms with Crippen molar-refractivity contribution in [1.29, 1.82) is 0 Å². The van der Waals surface area contributed by atoms with Crippen LogP contribution in [0.4, 0.5) is 14.7 Å². The molecule has 9 nitrogen and oxygen atoms in total. The number of carbonyl (C=O) groups excluding carboxylic acids is 1. The third-order valence-electron chi connectivity index (χ3n) is 7.60. The lowest BCUT2D eigenvalue weighted by Gasteiger charge is -2.21. The summed E-state index contributed by atoms with van der Waals surface area (Å²) in [6, 6.07) is 8.73. The molecule has 2 unspecified atom stereocenters. The molecule has 3 aromatic heterocycles. The number of carbonyl (C=O) groups is 1. The van der Waals surface area contributed by atoms with Crippen molar-refractivity contribution in [2.24, 2.45) is 11.3 Å². The summed E-state index contributed by atoms with van der Waals surface area (Å²) in [5.74, 6) is -0.242. The first-order chi connectivity index (χ1) is 17.7. The Morgan fingerprint density at radius 3 is 2.66 bits per heavy atom. The molecule has 1 saturated heterocycles. The summed E-state index contributed by atoms with van der Waals surface area (Å²) in [5.41, 5.74) is 5.00. The Hall–Kier alpha value is -4.12. The molecule has 4 aromatic rings. The van der Waals surface area contributed by atoms with Crippen LogP contribution in [0.25, 0.3) is 16.8 Å². The van der Waals surface area contributed by atoms with Gasteiger partial charge in [-0.3, -0.25) is 0 Å². The van der Waals surface area contributed by atoms with E-state index in [9.17, 15) is 18.7 Å². The molecule has 0 radical (unpaired) electrons. The number of aliphatic carboxylic acids is 1. The van der Waals surface area contributed by atoms with Gasteiger partial charge in [0.15, 0.2) is 0 Å². The number of imidazole rings is 1. The number of hydrogen-bond acceptors (Lipinski definition) is 7. The number of benzene rings is 1. The van der Waals surface area contributed by atoms with Crippen LogP contribution in [-0.2, 0) is 11.2 Å². The zero-order valence-corrected chi connectivity index (χ0v) is 21.3. The fourth-order valence-corrected chi connectivity index (χ4v) is 5.48. The third-order valence-corrected chi connectivity index (χ3v) is 7.60. The number of nitrogens with zero attached hydrogens (tertiary/aromatic N) is 5. The van der Waals surface area contributed by atoms with E-state index in [2.05, 4.69) is 15.0 Å². The predicted octanol–water partition coefficient (Wildman–Crippen LogP) is 3.55. The van der Waals surface area contributed by atoms with Crippen molar-refractivity contribution in [3.8, 4) is 16.9 Å². The van der Waals surface area contributed by atoms with Gasteiger partial charge in [-0.25, -0.2) is 15.0 Å². The molecule has 0 spiro atoms. The molecule has 4 heterocycles. The summed E-state index contributed by atoms with van der Waals surface area (Å²) in [6.07, 6.45) is 6.46. The molecule has 38 heavy (non-hydrogen) atoms. The van der Waals surface area contributed by atoms with Crippen LogP contribution in [0.15, 0.2) is 48.9 Å². The zero-order chi connectivity index (χ0) is 25.9. The lowest BCUT2D eigenvalue weighted by atomic mass is 10.1. The Kier molecular flexibility index (Phi) is 6.26. The minimum Gasteiger partial charge on any atom is -0.549 e. The topological polar surface area (TPSA) is 132 Å². The van der Waals surface area contributed by atoms with Crippen molar-refractivity contribution in [3.05, 3.63) is 71.4 Å². The van der Waals surface area contributed by atoms with E-state index in [-0.39, 0.29) is 17.8 Å². The maximum absolute atomic E-state index is 12.9. The SMILES string of the molecule is Cc1cc2nc(C)c(Cc3ccccc3OC(F)F)n2cc1-c1cnc(N2CC3CC3(C(=O)[O-])C2)nc1.[NH4+]. The number of pyridine rings is 1. The maximum atomic E-state index is 12.9. The van der Waals surface area contributed by atoms with Gasteiger partial charge in [0, 0.05) is 71.9 Å². The number of quaternary nitrogens is 1. The minimum atomic E-state index is -2.90. The molecule has 198 valence electrons. The van der Waals surface area contributed by atoms with Crippen LogP contribution in [-0.4, -0.2) is 45.0 Å². The number of aromatic nitrogens is 4. The van der Waals surface area contributed by atoms with E-state index < -0.39 is 18.0 Å². The quantitative estimate of drug-likeness (QED) is 0.392. The van der Waals surface area contributed by atoms with E-state index in [1.807, 2.05) is 35.4 Å². The normalized spacial score (nSPS) is 19.9. The van der Waals surface area contributed by atoms with Gasteiger partial charge in [0.2, 0.25) is 5.95 Å². The molecular formula is C27H28F2N6O3. The highest BCUT2D eigenvalue weighted by Crippen LogP contribution is 2.57. The second-order valence-electron chi connectivity index (χ2n) is 9.90. The molecule has 4 N–H and O–H groups in total. The van der Waals surface area contributed by atoms with Gasteiger partial charge in [-0.05, 0) is 43.9 Å². The van der Waals surface area contributed by atoms with Crippen molar-refractivity contribution < 1.29 is 23.4 Å². The monoisotopic (exact) mass is 522 g/mol. The van der Waals surface area contributed by atoms with Gasteiger partial charge < -0.3 is 30.1 Å². The Morgan fingerprint density at radius 2 is 1.97 bits per heavy atom. The lowest BCUT2D eigenvalue weighted by molar-refractivity contribution is -0.313. The second kappa shape index (κ2) is 9.32. The highest BCUT2D eigenvalue weighted by molar-refractivity contribution is 5.79. The van der Waals surface area contributed by atoms with Gasteiger partial charge in [-0.15, -0.1) is 0 Å². The van der Waals surface area contributed by atoms with Gasteiger partial charge in [-0.1, -0.05) is 18.2 Å². The van der Waals surface area contributed by atoms with E-state index >= 15 is 0 Å². The molecule has 2 atom stereocenters. The Bertz CT molecular complexity index is 1520. The van der Waals surface area contributed by atoms with Crippen molar-refractivity contribution >= 4 is 17.6 Å². The lowest BCUT2D eigenvalue weighted by Crippen LogP contribution is -2.38. The van der Waals surface area contributed by atoms with Crippen LogP contribution in [0.5, 0.6) is 5.75 Å². The molecule has 1 saturated carbocycles. The average molecular weight is 523 g/mol. The second-order valence-corrected chi connectivity index (χ2v) is 9.90. The Balaban J connectivity index is 0.00000294. The molecule has 1 aliphatic heterocycles. The fraction of sp³-hybridized carbons (Fsp3) is 0.333. The van der Waals surface area contributed by atoms with Crippen LogP contribution in [0.3, 0.4) is 0 Å². The number of rotatable bonds is 7. The molecule has 6 rings (SSSR count). The number of halogens is 2. The van der Waals surface area contributed by atoms with Crippen LogP contribution in [0.2, 0.25) is 0 Å². The summed E-state index contributed by atoms with van der Waals surface area (Å²) in [5, 5.41) is 11.5. The van der Waals surface area contributed by atoms with E-state index in [0.717, 1.165) is 33.7 Å². The number of para-hydroxylation sites is 1. The third kappa shape index (κ3) is 4.22. The van der Waals surface area contributed by atoms with Gasteiger partial charge in [0.05, 0.1) is 5.69 Å². The van der Waals surface area contributed by atoms with Crippen molar-refractivity contribution in [1.82, 2.24) is 25.5 Å². The van der Waals surface area contributed by atoms with Crippen LogP contribution in [0.1, 0.15) is 28.9 Å².